The number of thioether (sulfide) groups is 1. The number of hydrogen-bond acceptors (Lipinski definition) is 4. The topological polar surface area (TPSA) is 64.2 Å². The fraction of sp³-hybridized carbons (Fsp3) is 0.214. The van der Waals surface area contributed by atoms with Crippen LogP contribution in [0.5, 0.6) is 0 Å². The molecule has 0 fully saturated rings. The molecule has 20 heavy (non-hydrogen) atoms. The van der Waals surface area contributed by atoms with Crippen molar-refractivity contribution in [2.24, 2.45) is 10.7 Å². The third-order valence-electron chi connectivity index (χ3n) is 2.60. The molecule has 1 heterocycles. The van der Waals surface area contributed by atoms with Gasteiger partial charge in [0.25, 0.3) is 0 Å². The Bertz CT molecular complexity index is 626. The lowest BCUT2D eigenvalue weighted by Crippen LogP contribution is -2.07. The largest absolute Gasteiger partial charge is 0.379 e. The molecule has 104 valence electrons. The number of aryl methyl sites for hydroxylation is 1. The Balaban J connectivity index is 2.26. The van der Waals surface area contributed by atoms with E-state index < -0.39 is 0 Å². The maximum atomic E-state index is 5.89. The average molecular weight is 307 g/mol. The van der Waals surface area contributed by atoms with Gasteiger partial charge in [0.05, 0.1) is 5.69 Å². The van der Waals surface area contributed by atoms with Crippen LogP contribution < -0.4 is 5.73 Å². The highest BCUT2D eigenvalue weighted by Gasteiger charge is 2.06. The Morgan fingerprint density at radius 3 is 2.65 bits per heavy atom. The molecule has 0 amide bonds. The highest BCUT2D eigenvalue weighted by atomic mass is 35.5. The zero-order valence-electron chi connectivity index (χ0n) is 11.3. The number of nitrogens with two attached hydrogens (primary N) is 1. The summed E-state index contributed by atoms with van der Waals surface area (Å²) in [6, 6.07) is 9.44. The van der Waals surface area contributed by atoms with Crippen LogP contribution in [0.4, 0.5) is 0 Å². The SMILES string of the molecule is CN=C(N)SCc1cc(C)nc(-c2ccc(Cl)cc2)n1. The molecule has 0 bridgehead atoms. The molecule has 0 aliphatic heterocycles. The van der Waals surface area contributed by atoms with Crippen molar-refractivity contribution in [2.45, 2.75) is 12.7 Å². The third kappa shape index (κ3) is 3.95. The molecule has 0 aliphatic carbocycles. The van der Waals surface area contributed by atoms with Crippen molar-refractivity contribution in [1.29, 1.82) is 0 Å². The zero-order valence-corrected chi connectivity index (χ0v) is 12.9. The molecule has 6 heteroatoms. The van der Waals surface area contributed by atoms with Crippen LogP contribution in [-0.4, -0.2) is 22.2 Å². The average Bonchev–Trinajstić information content (AvgIpc) is 2.45. The second kappa shape index (κ2) is 6.72. The molecule has 1 aromatic carbocycles. The van der Waals surface area contributed by atoms with Crippen molar-refractivity contribution < 1.29 is 0 Å². The van der Waals surface area contributed by atoms with E-state index in [0.717, 1.165) is 17.0 Å². The second-order valence-corrected chi connectivity index (χ2v) is 5.61. The Morgan fingerprint density at radius 2 is 2.00 bits per heavy atom. The lowest BCUT2D eigenvalue weighted by Gasteiger charge is -2.06. The number of aromatic nitrogens is 2. The number of hydrogen-bond donors (Lipinski definition) is 1. The summed E-state index contributed by atoms with van der Waals surface area (Å²) in [7, 11) is 1.67. The summed E-state index contributed by atoms with van der Waals surface area (Å²) in [4.78, 5) is 12.9. The van der Waals surface area contributed by atoms with Crippen LogP contribution in [0.2, 0.25) is 5.02 Å². The third-order valence-corrected chi connectivity index (χ3v) is 3.77. The summed E-state index contributed by atoms with van der Waals surface area (Å²) < 4.78 is 0. The van der Waals surface area contributed by atoms with Gasteiger partial charge in [0.1, 0.15) is 0 Å². The molecular weight excluding hydrogens is 292 g/mol. The molecular formula is C14H15ClN4S. The van der Waals surface area contributed by atoms with Crippen LogP contribution in [0.1, 0.15) is 11.4 Å². The van der Waals surface area contributed by atoms with Gasteiger partial charge >= 0.3 is 0 Å². The van der Waals surface area contributed by atoms with E-state index >= 15 is 0 Å². The molecule has 0 atom stereocenters. The van der Waals surface area contributed by atoms with Crippen LogP contribution in [0.15, 0.2) is 35.3 Å². The first kappa shape index (κ1) is 14.8. The highest BCUT2D eigenvalue weighted by Crippen LogP contribution is 2.20. The molecule has 2 N–H and O–H groups in total. The van der Waals surface area contributed by atoms with Gasteiger partial charge in [-0.2, -0.15) is 0 Å². The van der Waals surface area contributed by atoms with Crippen LogP contribution in [0.25, 0.3) is 11.4 Å². The summed E-state index contributed by atoms with van der Waals surface area (Å²) in [6.07, 6.45) is 0. The molecule has 0 spiro atoms. The Labute approximate surface area is 127 Å². The van der Waals surface area contributed by atoms with E-state index in [2.05, 4.69) is 15.0 Å². The Hall–Kier alpha value is -1.59. The first-order valence-corrected chi connectivity index (χ1v) is 7.40. The van der Waals surface area contributed by atoms with Gasteiger partial charge < -0.3 is 5.73 Å². The first-order valence-electron chi connectivity index (χ1n) is 6.04. The summed E-state index contributed by atoms with van der Waals surface area (Å²) >= 11 is 7.35. The number of nitrogens with zero attached hydrogens (tertiary/aromatic N) is 3. The van der Waals surface area contributed by atoms with Crippen molar-refractivity contribution in [3.8, 4) is 11.4 Å². The van der Waals surface area contributed by atoms with Gasteiger partial charge in [-0.05, 0) is 37.3 Å². The minimum absolute atomic E-state index is 0.550. The van der Waals surface area contributed by atoms with Gasteiger partial charge in [-0.25, -0.2) is 9.97 Å². The standard InChI is InChI=1S/C14H15ClN4S/c1-9-7-12(8-20-14(16)17-2)19-13(18-9)10-3-5-11(15)6-4-10/h3-7H,8H2,1-2H3,(H2,16,17). The molecule has 0 radical (unpaired) electrons. The van der Waals surface area contributed by atoms with E-state index in [1.165, 1.54) is 11.8 Å². The van der Waals surface area contributed by atoms with Crippen LogP contribution in [-0.2, 0) is 5.75 Å². The van der Waals surface area contributed by atoms with Gasteiger partial charge in [-0.15, -0.1) is 0 Å². The summed E-state index contributed by atoms with van der Waals surface area (Å²) in [5.41, 5.74) is 8.48. The van der Waals surface area contributed by atoms with E-state index in [9.17, 15) is 0 Å². The number of aliphatic imine (C=N–C) groups is 1. The minimum Gasteiger partial charge on any atom is -0.379 e. The monoisotopic (exact) mass is 306 g/mol. The highest BCUT2D eigenvalue weighted by molar-refractivity contribution is 8.13. The quantitative estimate of drug-likeness (QED) is 0.698. The van der Waals surface area contributed by atoms with Gasteiger partial charge in [0, 0.05) is 29.1 Å². The van der Waals surface area contributed by atoms with Gasteiger partial charge in [0.2, 0.25) is 0 Å². The zero-order chi connectivity index (χ0) is 14.5. The van der Waals surface area contributed by atoms with E-state index in [1.54, 1.807) is 7.05 Å². The fourth-order valence-corrected chi connectivity index (χ4v) is 2.35. The van der Waals surface area contributed by atoms with Gasteiger partial charge in [0.15, 0.2) is 11.0 Å². The van der Waals surface area contributed by atoms with E-state index in [4.69, 9.17) is 17.3 Å². The fourth-order valence-electron chi connectivity index (χ4n) is 1.65. The number of rotatable bonds is 3. The van der Waals surface area contributed by atoms with Crippen molar-refractivity contribution in [3.63, 3.8) is 0 Å². The molecule has 2 aromatic rings. The number of amidine groups is 1. The lowest BCUT2D eigenvalue weighted by molar-refractivity contribution is 1.05. The van der Waals surface area contributed by atoms with E-state index in [-0.39, 0.29) is 0 Å². The van der Waals surface area contributed by atoms with Crippen molar-refractivity contribution in [2.75, 3.05) is 7.05 Å². The molecule has 1 aromatic heterocycles. The predicted octanol–water partition coefficient (Wildman–Crippen LogP) is 3.28. The maximum absolute atomic E-state index is 5.89. The molecule has 2 rings (SSSR count). The van der Waals surface area contributed by atoms with E-state index in [0.29, 0.717) is 21.8 Å². The van der Waals surface area contributed by atoms with Crippen LogP contribution in [0.3, 0.4) is 0 Å². The summed E-state index contributed by atoms with van der Waals surface area (Å²) in [5.74, 6) is 1.37. The Morgan fingerprint density at radius 1 is 1.30 bits per heavy atom. The van der Waals surface area contributed by atoms with Gasteiger partial charge in [-0.3, -0.25) is 4.99 Å². The summed E-state index contributed by atoms with van der Waals surface area (Å²) in [5, 5.41) is 1.25. The molecule has 0 saturated heterocycles. The number of benzene rings is 1. The summed E-state index contributed by atoms with van der Waals surface area (Å²) in [6.45, 7) is 1.95. The second-order valence-electron chi connectivity index (χ2n) is 4.18. The molecule has 4 nitrogen and oxygen atoms in total. The molecule has 0 unspecified atom stereocenters. The van der Waals surface area contributed by atoms with E-state index in [1.807, 2.05) is 37.3 Å². The minimum atomic E-state index is 0.550. The Kier molecular flexibility index (Phi) is 4.98. The maximum Gasteiger partial charge on any atom is 0.159 e. The van der Waals surface area contributed by atoms with Crippen molar-refractivity contribution in [1.82, 2.24) is 9.97 Å². The van der Waals surface area contributed by atoms with Crippen LogP contribution >= 0.6 is 23.4 Å². The molecule has 0 aliphatic rings. The smallest absolute Gasteiger partial charge is 0.159 e. The van der Waals surface area contributed by atoms with Crippen LogP contribution in [0, 0.1) is 6.92 Å². The lowest BCUT2D eigenvalue weighted by atomic mass is 10.2. The van der Waals surface area contributed by atoms with Gasteiger partial charge in [-0.1, -0.05) is 23.4 Å². The van der Waals surface area contributed by atoms with Crippen molar-refractivity contribution >= 4 is 28.5 Å². The van der Waals surface area contributed by atoms with Crippen molar-refractivity contribution in [3.05, 3.63) is 46.7 Å². The normalized spacial score (nSPS) is 11.7. The number of halogens is 1. The predicted molar refractivity (Wildman–Crippen MR) is 86.1 cm³/mol. The molecule has 0 saturated carbocycles. The first-order chi connectivity index (χ1) is 9.58.